The second kappa shape index (κ2) is 4.27. The summed E-state index contributed by atoms with van der Waals surface area (Å²) in [6.07, 6.45) is 3.98. The molecule has 1 nitrogen and oxygen atoms in total. The van der Waals surface area contributed by atoms with Crippen molar-refractivity contribution in [3.63, 3.8) is 0 Å². The SMILES string of the molecule is CC1(C)C=COC1(c1ccccc1)c1ccccc1. The first kappa shape index (κ1) is 12.0. The van der Waals surface area contributed by atoms with Crippen LogP contribution in [0.2, 0.25) is 0 Å². The Morgan fingerprint density at radius 2 is 1.21 bits per heavy atom. The van der Waals surface area contributed by atoms with Crippen LogP contribution in [0.25, 0.3) is 0 Å². The molecule has 0 aromatic heterocycles. The molecule has 0 saturated carbocycles. The average Bonchev–Trinajstić information content (AvgIpc) is 2.77. The second-order valence-electron chi connectivity index (χ2n) is 5.56. The zero-order valence-electron chi connectivity index (χ0n) is 11.3. The van der Waals surface area contributed by atoms with Gasteiger partial charge in [0.15, 0.2) is 5.60 Å². The third-order valence-electron chi connectivity index (χ3n) is 4.00. The van der Waals surface area contributed by atoms with E-state index in [4.69, 9.17) is 4.74 Å². The minimum atomic E-state index is -0.435. The largest absolute Gasteiger partial charge is 0.485 e. The molecule has 3 rings (SSSR count). The van der Waals surface area contributed by atoms with Gasteiger partial charge in [-0.3, -0.25) is 0 Å². The van der Waals surface area contributed by atoms with Crippen molar-refractivity contribution < 1.29 is 4.74 Å². The summed E-state index contributed by atoms with van der Waals surface area (Å²) < 4.78 is 6.15. The van der Waals surface area contributed by atoms with E-state index in [1.54, 1.807) is 0 Å². The van der Waals surface area contributed by atoms with Crippen molar-refractivity contribution in [1.82, 2.24) is 0 Å². The number of benzene rings is 2. The molecule has 0 N–H and O–H groups in total. The van der Waals surface area contributed by atoms with Gasteiger partial charge in [0.2, 0.25) is 0 Å². The summed E-state index contributed by atoms with van der Waals surface area (Å²) >= 11 is 0. The van der Waals surface area contributed by atoms with Gasteiger partial charge in [-0.2, -0.15) is 0 Å². The molecule has 1 aliphatic heterocycles. The lowest BCUT2D eigenvalue weighted by molar-refractivity contribution is 0.00609. The summed E-state index contributed by atoms with van der Waals surface area (Å²) in [5.74, 6) is 0. The normalized spacial score (nSPS) is 19.1. The summed E-state index contributed by atoms with van der Waals surface area (Å²) in [6.45, 7) is 4.44. The van der Waals surface area contributed by atoms with Crippen molar-refractivity contribution in [3.05, 3.63) is 84.1 Å². The van der Waals surface area contributed by atoms with Crippen LogP contribution in [0.4, 0.5) is 0 Å². The molecule has 2 aromatic rings. The molecular weight excluding hydrogens is 232 g/mol. The van der Waals surface area contributed by atoms with E-state index in [1.807, 2.05) is 18.4 Å². The van der Waals surface area contributed by atoms with Crippen molar-refractivity contribution >= 4 is 0 Å². The van der Waals surface area contributed by atoms with Crippen molar-refractivity contribution in [2.45, 2.75) is 19.4 Å². The maximum Gasteiger partial charge on any atom is 0.167 e. The molecule has 0 amide bonds. The summed E-state index contributed by atoms with van der Waals surface area (Å²) in [5, 5.41) is 0. The van der Waals surface area contributed by atoms with Crippen molar-refractivity contribution in [2.24, 2.45) is 5.41 Å². The van der Waals surface area contributed by atoms with Gasteiger partial charge in [-0.05, 0) is 6.08 Å². The maximum absolute atomic E-state index is 6.15. The molecule has 96 valence electrons. The quantitative estimate of drug-likeness (QED) is 0.762. The molecule has 0 fully saturated rings. The van der Waals surface area contributed by atoms with E-state index in [2.05, 4.69) is 68.5 Å². The number of ether oxygens (including phenoxy) is 1. The Bertz CT molecular complexity index is 542. The first-order valence-electron chi connectivity index (χ1n) is 6.63. The van der Waals surface area contributed by atoms with E-state index in [0.29, 0.717) is 0 Å². The predicted octanol–water partition coefficient (Wildman–Crippen LogP) is 4.50. The lowest BCUT2D eigenvalue weighted by Crippen LogP contribution is -2.40. The van der Waals surface area contributed by atoms with Crippen LogP contribution in [0, 0.1) is 5.41 Å². The zero-order chi connectivity index (χ0) is 13.3. The Morgan fingerprint density at radius 3 is 1.58 bits per heavy atom. The Hall–Kier alpha value is -2.02. The van der Waals surface area contributed by atoms with Gasteiger partial charge in [0, 0.05) is 16.5 Å². The highest BCUT2D eigenvalue weighted by Gasteiger charge is 2.51. The van der Waals surface area contributed by atoms with Crippen LogP contribution in [0.15, 0.2) is 73.0 Å². The molecule has 1 heteroatoms. The van der Waals surface area contributed by atoms with Gasteiger partial charge in [-0.1, -0.05) is 74.5 Å². The highest BCUT2D eigenvalue weighted by atomic mass is 16.5. The molecule has 0 bridgehead atoms. The number of hydrogen-bond acceptors (Lipinski definition) is 1. The molecule has 2 aromatic carbocycles. The third kappa shape index (κ3) is 1.69. The fourth-order valence-corrected chi connectivity index (χ4v) is 2.97. The Kier molecular flexibility index (Phi) is 2.70. The lowest BCUT2D eigenvalue weighted by atomic mass is 9.68. The first-order chi connectivity index (χ1) is 9.17. The molecule has 1 heterocycles. The van der Waals surface area contributed by atoms with Crippen LogP contribution >= 0.6 is 0 Å². The molecule has 1 aliphatic rings. The highest BCUT2D eigenvalue weighted by molar-refractivity contribution is 5.42. The van der Waals surface area contributed by atoms with Gasteiger partial charge in [0.25, 0.3) is 0 Å². The molecule has 19 heavy (non-hydrogen) atoms. The molecule has 0 spiro atoms. The number of hydrogen-bond donors (Lipinski definition) is 0. The fourth-order valence-electron chi connectivity index (χ4n) is 2.97. The smallest absolute Gasteiger partial charge is 0.167 e. The second-order valence-corrected chi connectivity index (χ2v) is 5.56. The van der Waals surface area contributed by atoms with E-state index in [1.165, 1.54) is 11.1 Å². The van der Waals surface area contributed by atoms with Gasteiger partial charge >= 0.3 is 0 Å². The molecule has 0 aliphatic carbocycles. The van der Waals surface area contributed by atoms with Crippen LogP contribution in [0.3, 0.4) is 0 Å². The van der Waals surface area contributed by atoms with Crippen LogP contribution in [-0.2, 0) is 10.3 Å². The topological polar surface area (TPSA) is 9.23 Å². The molecular formula is C18H18O. The summed E-state index contributed by atoms with van der Waals surface area (Å²) in [7, 11) is 0. The molecule has 0 unspecified atom stereocenters. The average molecular weight is 250 g/mol. The van der Waals surface area contributed by atoms with Gasteiger partial charge in [0.05, 0.1) is 6.26 Å². The van der Waals surface area contributed by atoms with Crippen LogP contribution in [0.1, 0.15) is 25.0 Å². The van der Waals surface area contributed by atoms with Crippen LogP contribution < -0.4 is 0 Å². The first-order valence-corrected chi connectivity index (χ1v) is 6.63. The summed E-state index contributed by atoms with van der Waals surface area (Å²) in [4.78, 5) is 0. The molecule has 0 saturated heterocycles. The van der Waals surface area contributed by atoms with E-state index in [9.17, 15) is 0 Å². The van der Waals surface area contributed by atoms with E-state index >= 15 is 0 Å². The Labute approximate surface area is 114 Å². The molecule has 0 atom stereocenters. The van der Waals surface area contributed by atoms with E-state index in [0.717, 1.165) is 0 Å². The van der Waals surface area contributed by atoms with Gasteiger partial charge in [-0.15, -0.1) is 0 Å². The van der Waals surface area contributed by atoms with Crippen molar-refractivity contribution in [3.8, 4) is 0 Å². The van der Waals surface area contributed by atoms with Gasteiger partial charge in [0.1, 0.15) is 0 Å². The fraction of sp³-hybridized carbons (Fsp3) is 0.222. The van der Waals surface area contributed by atoms with Gasteiger partial charge in [-0.25, -0.2) is 0 Å². The third-order valence-corrected chi connectivity index (χ3v) is 4.00. The minimum absolute atomic E-state index is 0.0876. The molecule has 0 radical (unpaired) electrons. The summed E-state index contributed by atoms with van der Waals surface area (Å²) in [5.41, 5.74) is 1.86. The Morgan fingerprint density at radius 1 is 0.737 bits per heavy atom. The predicted molar refractivity (Wildman–Crippen MR) is 77.7 cm³/mol. The van der Waals surface area contributed by atoms with Crippen molar-refractivity contribution in [2.75, 3.05) is 0 Å². The Balaban J connectivity index is 2.24. The monoisotopic (exact) mass is 250 g/mol. The highest BCUT2D eigenvalue weighted by Crippen LogP contribution is 2.52. The maximum atomic E-state index is 6.15. The lowest BCUT2D eigenvalue weighted by Gasteiger charge is -2.40. The standard InChI is InChI=1S/C18H18O/c1-17(2)13-14-19-18(17,15-9-5-3-6-10-15)16-11-7-4-8-12-16/h3-14H,1-2H3. The van der Waals surface area contributed by atoms with Crippen LogP contribution in [0.5, 0.6) is 0 Å². The van der Waals surface area contributed by atoms with E-state index < -0.39 is 5.60 Å². The zero-order valence-corrected chi connectivity index (χ0v) is 11.3. The van der Waals surface area contributed by atoms with Crippen LogP contribution in [-0.4, -0.2) is 0 Å². The van der Waals surface area contributed by atoms with Crippen molar-refractivity contribution in [1.29, 1.82) is 0 Å². The van der Waals surface area contributed by atoms with Gasteiger partial charge < -0.3 is 4.74 Å². The van der Waals surface area contributed by atoms with E-state index in [-0.39, 0.29) is 5.41 Å². The summed E-state index contributed by atoms with van der Waals surface area (Å²) in [6, 6.07) is 20.9. The minimum Gasteiger partial charge on any atom is -0.485 e. The number of rotatable bonds is 2.